The molecular weight excluding hydrogens is 268 g/mol. The van der Waals surface area contributed by atoms with Crippen LogP contribution < -0.4 is 16.4 Å². The van der Waals surface area contributed by atoms with Gasteiger partial charge in [-0.2, -0.15) is 0 Å². The summed E-state index contributed by atoms with van der Waals surface area (Å²) in [4.78, 5) is 4.67. The summed E-state index contributed by atoms with van der Waals surface area (Å²) in [6, 6.07) is 6.25. The molecule has 4 nitrogen and oxygen atoms in total. The van der Waals surface area contributed by atoms with Crippen LogP contribution in [-0.4, -0.2) is 23.2 Å². The molecular formula is C15H20N4S. The van der Waals surface area contributed by atoms with Gasteiger partial charge >= 0.3 is 0 Å². The van der Waals surface area contributed by atoms with Crippen LogP contribution in [0.15, 0.2) is 18.2 Å². The second-order valence-corrected chi connectivity index (χ2v) is 5.33. The van der Waals surface area contributed by atoms with Crippen molar-refractivity contribution in [3.63, 3.8) is 0 Å². The molecule has 0 aliphatic heterocycles. The van der Waals surface area contributed by atoms with Gasteiger partial charge in [-0.15, -0.1) is 0 Å². The normalized spacial score (nSPS) is 10.6. The SMILES string of the molecule is Cc1ccc(C)c2c(C)cc(NC(=S)NCCN)nc12. The number of hydrogen-bond acceptors (Lipinski definition) is 3. The van der Waals surface area contributed by atoms with E-state index in [0.717, 1.165) is 16.9 Å². The van der Waals surface area contributed by atoms with Crippen molar-refractivity contribution >= 4 is 34.1 Å². The van der Waals surface area contributed by atoms with E-state index in [1.54, 1.807) is 0 Å². The molecule has 0 radical (unpaired) electrons. The lowest BCUT2D eigenvalue weighted by atomic mass is 10.0. The van der Waals surface area contributed by atoms with Gasteiger partial charge in [0.1, 0.15) is 5.82 Å². The zero-order valence-electron chi connectivity index (χ0n) is 12.1. The van der Waals surface area contributed by atoms with Gasteiger partial charge in [0, 0.05) is 18.5 Å². The van der Waals surface area contributed by atoms with E-state index in [2.05, 4.69) is 48.5 Å². The molecule has 20 heavy (non-hydrogen) atoms. The van der Waals surface area contributed by atoms with Crippen LogP contribution in [0.25, 0.3) is 10.9 Å². The van der Waals surface area contributed by atoms with E-state index in [1.165, 1.54) is 16.5 Å². The molecule has 0 amide bonds. The maximum Gasteiger partial charge on any atom is 0.171 e. The van der Waals surface area contributed by atoms with Crippen molar-refractivity contribution in [2.75, 3.05) is 18.4 Å². The van der Waals surface area contributed by atoms with Crippen LogP contribution >= 0.6 is 12.2 Å². The van der Waals surface area contributed by atoms with Crippen LogP contribution in [0.1, 0.15) is 16.7 Å². The minimum Gasteiger partial charge on any atom is -0.361 e. The Morgan fingerprint density at radius 3 is 2.60 bits per heavy atom. The second-order valence-electron chi connectivity index (χ2n) is 4.92. The van der Waals surface area contributed by atoms with E-state index >= 15 is 0 Å². The molecule has 0 saturated carbocycles. The molecule has 106 valence electrons. The Labute approximate surface area is 124 Å². The van der Waals surface area contributed by atoms with Gasteiger partial charge in [0.05, 0.1) is 5.52 Å². The lowest BCUT2D eigenvalue weighted by Crippen LogP contribution is -2.32. The maximum absolute atomic E-state index is 5.44. The number of hydrogen-bond donors (Lipinski definition) is 3. The molecule has 0 saturated heterocycles. The zero-order valence-corrected chi connectivity index (χ0v) is 12.9. The average Bonchev–Trinajstić information content (AvgIpc) is 2.40. The van der Waals surface area contributed by atoms with E-state index < -0.39 is 0 Å². The van der Waals surface area contributed by atoms with Crippen LogP contribution in [-0.2, 0) is 0 Å². The van der Waals surface area contributed by atoms with E-state index in [9.17, 15) is 0 Å². The lowest BCUT2D eigenvalue weighted by Gasteiger charge is -2.13. The molecule has 4 N–H and O–H groups in total. The van der Waals surface area contributed by atoms with E-state index in [0.29, 0.717) is 18.2 Å². The average molecular weight is 288 g/mol. The summed E-state index contributed by atoms with van der Waals surface area (Å²) in [5, 5.41) is 7.91. The van der Waals surface area contributed by atoms with Gasteiger partial charge in [0.25, 0.3) is 0 Å². The van der Waals surface area contributed by atoms with Crippen LogP contribution in [0, 0.1) is 20.8 Å². The predicted molar refractivity (Wildman–Crippen MR) is 89.2 cm³/mol. The highest BCUT2D eigenvalue weighted by atomic mass is 32.1. The molecule has 0 spiro atoms. The Bertz CT molecular complexity index is 652. The van der Waals surface area contributed by atoms with Gasteiger partial charge in [0.15, 0.2) is 5.11 Å². The molecule has 1 aromatic heterocycles. The summed E-state index contributed by atoms with van der Waals surface area (Å²) < 4.78 is 0. The third kappa shape index (κ3) is 3.05. The number of benzene rings is 1. The van der Waals surface area contributed by atoms with Gasteiger partial charge in [0.2, 0.25) is 0 Å². The Morgan fingerprint density at radius 1 is 1.20 bits per heavy atom. The third-order valence-corrected chi connectivity index (χ3v) is 3.49. The van der Waals surface area contributed by atoms with Crippen molar-refractivity contribution < 1.29 is 0 Å². The van der Waals surface area contributed by atoms with Crippen LogP contribution in [0.5, 0.6) is 0 Å². The molecule has 1 aromatic carbocycles. The zero-order chi connectivity index (χ0) is 14.7. The lowest BCUT2D eigenvalue weighted by molar-refractivity contribution is 0.883. The van der Waals surface area contributed by atoms with E-state index in [4.69, 9.17) is 18.0 Å². The van der Waals surface area contributed by atoms with Crippen LogP contribution in [0.3, 0.4) is 0 Å². The molecule has 2 aromatic rings. The summed E-state index contributed by atoms with van der Waals surface area (Å²) in [6.45, 7) is 7.47. The van der Waals surface area contributed by atoms with Crippen molar-refractivity contribution in [1.29, 1.82) is 0 Å². The highest BCUT2D eigenvalue weighted by molar-refractivity contribution is 7.80. The Hall–Kier alpha value is -1.72. The quantitative estimate of drug-likeness (QED) is 0.757. The highest BCUT2D eigenvalue weighted by Gasteiger charge is 2.08. The van der Waals surface area contributed by atoms with Crippen molar-refractivity contribution in [3.05, 3.63) is 34.9 Å². The monoisotopic (exact) mass is 288 g/mol. The largest absolute Gasteiger partial charge is 0.361 e. The van der Waals surface area contributed by atoms with Gasteiger partial charge in [-0.05, 0) is 55.7 Å². The number of nitrogens with one attached hydrogen (secondary N) is 2. The van der Waals surface area contributed by atoms with Gasteiger partial charge in [-0.25, -0.2) is 4.98 Å². The number of pyridine rings is 1. The van der Waals surface area contributed by atoms with Gasteiger partial charge in [-0.3, -0.25) is 0 Å². The summed E-state index contributed by atoms with van der Waals surface area (Å²) >= 11 is 5.21. The number of nitrogens with zero attached hydrogens (tertiary/aromatic N) is 1. The number of thiocarbonyl (C=S) groups is 1. The highest BCUT2D eigenvalue weighted by Crippen LogP contribution is 2.26. The van der Waals surface area contributed by atoms with Crippen LogP contribution in [0.2, 0.25) is 0 Å². The first-order chi connectivity index (χ1) is 9.52. The fraction of sp³-hybridized carbons (Fsp3) is 0.333. The Morgan fingerprint density at radius 2 is 1.90 bits per heavy atom. The van der Waals surface area contributed by atoms with Crippen molar-refractivity contribution in [2.45, 2.75) is 20.8 Å². The van der Waals surface area contributed by atoms with Crippen LogP contribution in [0.4, 0.5) is 5.82 Å². The molecule has 0 bridgehead atoms. The standard InChI is InChI=1S/C15H20N4S/c1-9-4-5-10(2)14-13(9)11(3)8-12(18-14)19-15(20)17-7-6-16/h4-5,8H,6-7,16H2,1-3H3,(H2,17,18,19,20). The molecule has 0 aliphatic rings. The molecule has 5 heteroatoms. The summed E-state index contributed by atoms with van der Waals surface area (Å²) in [6.07, 6.45) is 0. The number of rotatable bonds is 3. The van der Waals surface area contributed by atoms with Crippen molar-refractivity contribution in [3.8, 4) is 0 Å². The smallest absolute Gasteiger partial charge is 0.171 e. The molecule has 0 unspecified atom stereocenters. The van der Waals surface area contributed by atoms with Crippen molar-refractivity contribution in [1.82, 2.24) is 10.3 Å². The van der Waals surface area contributed by atoms with E-state index in [-0.39, 0.29) is 0 Å². The molecule has 0 atom stereocenters. The van der Waals surface area contributed by atoms with Gasteiger partial charge in [-0.1, -0.05) is 12.1 Å². The number of aryl methyl sites for hydroxylation is 3. The maximum atomic E-state index is 5.44. The first-order valence-electron chi connectivity index (χ1n) is 6.65. The summed E-state index contributed by atoms with van der Waals surface area (Å²) in [5.41, 5.74) is 10.1. The summed E-state index contributed by atoms with van der Waals surface area (Å²) in [7, 11) is 0. The Balaban J connectivity index is 2.37. The second kappa shape index (κ2) is 6.15. The first-order valence-corrected chi connectivity index (χ1v) is 7.06. The predicted octanol–water partition coefficient (Wildman–Crippen LogP) is 2.41. The summed E-state index contributed by atoms with van der Waals surface area (Å²) in [5.74, 6) is 0.762. The van der Waals surface area contributed by atoms with Crippen molar-refractivity contribution in [2.24, 2.45) is 5.73 Å². The third-order valence-electron chi connectivity index (χ3n) is 3.24. The fourth-order valence-electron chi connectivity index (χ4n) is 2.28. The minimum absolute atomic E-state index is 0.546. The molecule has 1 heterocycles. The number of fused-ring (bicyclic) bond motifs is 1. The topological polar surface area (TPSA) is 63.0 Å². The number of anilines is 1. The fourth-order valence-corrected chi connectivity index (χ4v) is 2.48. The van der Waals surface area contributed by atoms with Gasteiger partial charge < -0.3 is 16.4 Å². The number of nitrogens with two attached hydrogens (primary N) is 1. The molecule has 0 aliphatic carbocycles. The minimum atomic E-state index is 0.546. The molecule has 2 rings (SSSR count). The first kappa shape index (κ1) is 14.7. The Kier molecular flexibility index (Phi) is 4.52. The number of aromatic nitrogens is 1. The molecule has 0 fully saturated rings. The van der Waals surface area contributed by atoms with E-state index in [1.807, 2.05) is 6.07 Å².